The van der Waals surface area contributed by atoms with Crippen molar-refractivity contribution in [2.75, 3.05) is 16.3 Å². The Kier molecular flexibility index (Phi) is 6.89. The Bertz CT molecular complexity index is 1250. The second-order valence-corrected chi connectivity index (χ2v) is 8.86. The van der Waals surface area contributed by atoms with Crippen LogP contribution in [0.25, 0.3) is 6.08 Å². The van der Waals surface area contributed by atoms with E-state index in [1.54, 1.807) is 66.7 Å². The summed E-state index contributed by atoms with van der Waals surface area (Å²) in [7, 11) is -3.38. The molecule has 0 radical (unpaired) electrons. The number of allylic oxidation sites excluding steroid dienone is 1. The summed E-state index contributed by atoms with van der Waals surface area (Å²) in [5.41, 5.74) is 2.45. The predicted octanol–water partition coefficient (Wildman–Crippen LogP) is 4.86. The van der Waals surface area contributed by atoms with Crippen LogP contribution in [0.5, 0.6) is 0 Å². The largest absolute Gasteiger partial charge is 0.322 e. The highest BCUT2D eigenvalue weighted by Gasteiger charge is 2.10. The number of carbonyl (C=O) groups is 2. The molecule has 8 heteroatoms. The van der Waals surface area contributed by atoms with Crippen molar-refractivity contribution in [2.24, 2.45) is 0 Å². The van der Waals surface area contributed by atoms with E-state index in [4.69, 9.17) is 11.6 Å². The van der Waals surface area contributed by atoms with Crippen molar-refractivity contribution in [3.8, 4) is 0 Å². The van der Waals surface area contributed by atoms with Crippen molar-refractivity contribution in [2.45, 2.75) is 0 Å². The summed E-state index contributed by atoms with van der Waals surface area (Å²) >= 11 is 6.06. The molecule has 3 rings (SSSR count). The molecule has 0 spiro atoms. The number of carbonyl (C=O) groups excluding carboxylic acids is 2. The molecule has 0 aromatic heterocycles. The maximum Gasteiger partial charge on any atom is 0.257 e. The van der Waals surface area contributed by atoms with Crippen LogP contribution >= 0.6 is 11.6 Å². The standard InChI is InChI=1S/C23H19ClN2O4S/c1-31(29,30)26-18-12-10-17(11-13-18)22(27)14-9-16-5-4-6-19(15-16)25-23(28)20-7-2-3-8-21(20)24/h2-15,26H,1H3,(H,25,28)/b14-9+. The van der Waals surface area contributed by atoms with Gasteiger partial charge in [0.2, 0.25) is 10.0 Å². The first kappa shape index (κ1) is 22.3. The van der Waals surface area contributed by atoms with Crippen LogP contribution in [-0.4, -0.2) is 26.4 Å². The molecule has 0 aliphatic carbocycles. The zero-order valence-electron chi connectivity index (χ0n) is 16.5. The van der Waals surface area contributed by atoms with Gasteiger partial charge in [-0.15, -0.1) is 0 Å². The quantitative estimate of drug-likeness (QED) is 0.394. The van der Waals surface area contributed by atoms with Gasteiger partial charge >= 0.3 is 0 Å². The second-order valence-electron chi connectivity index (χ2n) is 6.71. The molecule has 0 heterocycles. The highest BCUT2D eigenvalue weighted by atomic mass is 35.5. The number of benzene rings is 3. The number of rotatable bonds is 7. The Labute approximate surface area is 185 Å². The minimum Gasteiger partial charge on any atom is -0.322 e. The van der Waals surface area contributed by atoms with Gasteiger partial charge < -0.3 is 5.32 Å². The second kappa shape index (κ2) is 9.59. The molecule has 0 bridgehead atoms. The average molecular weight is 455 g/mol. The van der Waals surface area contributed by atoms with E-state index < -0.39 is 10.0 Å². The van der Waals surface area contributed by atoms with Crippen molar-refractivity contribution in [1.82, 2.24) is 0 Å². The summed E-state index contributed by atoms with van der Waals surface area (Å²) in [6, 6.07) is 19.9. The number of halogens is 1. The van der Waals surface area contributed by atoms with Crippen LogP contribution in [0.1, 0.15) is 26.3 Å². The number of amides is 1. The van der Waals surface area contributed by atoms with Gasteiger partial charge in [0.1, 0.15) is 0 Å². The summed E-state index contributed by atoms with van der Waals surface area (Å²) in [5.74, 6) is -0.568. The zero-order valence-corrected chi connectivity index (χ0v) is 18.1. The first-order valence-electron chi connectivity index (χ1n) is 9.17. The van der Waals surface area contributed by atoms with Gasteiger partial charge in [0.15, 0.2) is 5.78 Å². The Morgan fingerprint density at radius 1 is 0.903 bits per heavy atom. The summed E-state index contributed by atoms with van der Waals surface area (Å²) in [6.07, 6.45) is 4.10. The monoisotopic (exact) mass is 454 g/mol. The smallest absolute Gasteiger partial charge is 0.257 e. The Balaban J connectivity index is 1.68. The highest BCUT2D eigenvalue weighted by molar-refractivity contribution is 7.92. The molecule has 2 N–H and O–H groups in total. The molecule has 6 nitrogen and oxygen atoms in total. The van der Waals surface area contributed by atoms with Gasteiger partial charge in [-0.25, -0.2) is 8.42 Å². The van der Waals surface area contributed by atoms with Crippen molar-refractivity contribution in [3.05, 3.63) is 101 Å². The van der Waals surface area contributed by atoms with Crippen LogP contribution < -0.4 is 10.0 Å². The fourth-order valence-electron chi connectivity index (χ4n) is 2.75. The van der Waals surface area contributed by atoms with Crippen molar-refractivity contribution in [1.29, 1.82) is 0 Å². The van der Waals surface area contributed by atoms with Gasteiger partial charge in [0, 0.05) is 16.9 Å². The maximum atomic E-state index is 12.4. The van der Waals surface area contributed by atoms with E-state index in [9.17, 15) is 18.0 Å². The molecule has 3 aromatic carbocycles. The third-order valence-electron chi connectivity index (χ3n) is 4.16. The van der Waals surface area contributed by atoms with Gasteiger partial charge in [0.25, 0.3) is 5.91 Å². The van der Waals surface area contributed by atoms with E-state index in [1.807, 2.05) is 0 Å². The highest BCUT2D eigenvalue weighted by Crippen LogP contribution is 2.19. The third kappa shape index (κ3) is 6.53. The van der Waals surface area contributed by atoms with Crippen LogP contribution in [0.4, 0.5) is 11.4 Å². The minimum atomic E-state index is -3.38. The molecule has 0 unspecified atom stereocenters. The fraction of sp³-hybridized carbons (Fsp3) is 0.0435. The van der Waals surface area contributed by atoms with Gasteiger partial charge in [-0.1, -0.05) is 41.9 Å². The topological polar surface area (TPSA) is 92.3 Å². The first-order chi connectivity index (χ1) is 14.7. The van der Waals surface area contributed by atoms with E-state index in [-0.39, 0.29) is 11.7 Å². The summed E-state index contributed by atoms with van der Waals surface area (Å²) in [5, 5.41) is 3.15. The van der Waals surface area contributed by atoms with Crippen LogP contribution in [-0.2, 0) is 10.0 Å². The molecule has 0 atom stereocenters. The number of anilines is 2. The average Bonchev–Trinajstić information content (AvgIpc) is 2.72. The lowest BCUT2D eigenvalue weighted by molar-refractivity contribution is 0.102. The molecule has 0 aliphatic heterocycles. The minimum absolute atomic E-state index is 0.239. The van der Waals surface area contributed by atoms with Crippen LogP contribution in [0.3, 0.4) is 0 Å². The van der Waals surface area contributed by atoms with Gasteiger partial charge in [-0.2, -0.15) is 0 Å². The third-order valence-corrected chi connectivity index (χ3v) is 5.10. The van der Waals surface area contributed by atoms with Crippen LogP contribution in [0, 0.1) is 0 Å². The van der Waals surface area contributed by atoms with Crippen LogP contribution in [0.2, 0.25) is 5.02 Å². The lowest BCUT2D eigenvalue weighted by Gasteiger charge is -2.07. The van der Waals surface area contributed by atoms with Gasteiger partial charge in [-0.05, 0) is 60.2 Å². The van der Waals surface area contributed by atoms with Crippen molar-refractivity contribution >= 4 is 50.8 Å². The normalized spacial score (nSPS) is 11.3. The molecule has 0 aliphatic rings. The molecule has 0 saturated heterocycles. The number of ketones is 1. The molecular formula is C23H19ClN2O4S. The van der Waals surface area contributed by atoms with Crippen LogP contribution in [0.15, 0.2) is 78.9 Å². The van der Waals surface area contributed by atoms with E-state index >= 15 is 0 Å². The molecular weight excluding hydrogens is 436 g/mol. The number of hydrogen-bond acceptors (Lipinski definition) is 4. The number of nitrogens with one attached hydrogen (secondary N) is 2. The van der Waals surface area contributed by atoms with E-state index in [0.29, 0.717) is 27.5 Å². The molecule has 31 heavy (non-hydrogen) atoms. The van der Waals surface area contributed by atoms with Gasteiger partial charge in [-0.3, -0.25) is 14.3 Å². The Morgan fingerprint density at radius 2 is 1.61 bits per heavy atom. The first-order valence-corrected chi connectivity index (χ1v) is 11.4. The zero-order chi connectivity index (χ0) is 22.4. The van der Waals surface area contributed by atoms with Crippen molar-refractivity contribution in [3.63, 3.8) is 0 Å². The van der Waals surface area contributed by atoms with E-state index in [2.05, 4.69) is 10.0 Å². The Hall–Kier alpha value is -3.42. The maximum absolute atomic E-state index is 12.4. The summed E-state index contributed by atoms with van der Waals surface area (Å²) in [4.78, 5) is 24.8. The molecule has 0 saturated carbocycles. The molecule has 3 aromatic rings. The molecule has 158 valence electrons. The lowest BCUT2D eigenvalue weighted by atomic mass is 10.1. The van der Waals surface area contributed by atoms with E-state index in [0.717, 1.165) is 11.8 Å². The lowest BCUT2D eigenvalue weighted by Crippen LogP contribution is -2.12. The molecule has 0 fully saturated rings. The fourth-order valence-corrected chi connectivity index (χ4v) is 3.53. The predicted molar refractivity (Wildman–Crippen MR) is 124 cm³/mol. The number of sulfonamides is 1. The summed E-state index contributed by atoms with van der Waals surface area (Å²) < 4.78 is 24.8. The Morgan fingerprint density at radius 3 is 2.29 bits per heavy atom. The number of hydrogen-bond donors (Lipinski definition) is 2. The summed E-state index contributed by atoms with van der Waals surface area (Å²) in [6.45, 7) is 0. The van der Waals surface area contributed by atoms with E-state index in [1.165, 1.54) is 18.2 Å². The molecule has 1 amide bonds. The SMILES string of the molecule is CS(=O)(=O)Nc1ccc(C(=O)/C=C/c2cccc(NC(=O)c3ccccc3Cl)c2)cc1. The van der Waals surface area contributed by atoms with Gasteiger partial charge in [0.05, 0.1) is 16.8 Å². The van der Waals surface area contributed by atoms with Crippen molar-refractivity contribution < 1.29 is 18.0 Å².